The molecule has 0 atom stereocenters. The molecule has 0 amide bonds. The molecule has 0 saturated carbocycles. The van der Waals surface area contributed by atoms with Crippen LogP contribution in [-0.2, 0) is 0 Å². The van der Waals surface area contributed by atoms with Crippen molar-refractivity contribution in [2.24, 2.45) is 0 Å². The van der Waals surface area contributed by atoms with E-state index in [-0.39, 0.29) is 21.9 Å². The molecule has 0 fully saturated rings. The van der Waals surface area contributed by atoms with Crippen LogP contribution >= 0.6 is 11.6 Å². The molecular weight excluding hydrogens is 292 g/mol. The molecule has 0 spiro atoms. The van der Waals surface area contributed by atoms with Gasteiger partial charge in [0.15, 0.2) is 23.6 Å². The number of aldehydes is 1. The highest BCUT2D eigenvalue weighted by atomic mass is 35.5. The van der Waals surface area contributed by atoms with Crippen molar-refractivity contribution in [1.29, 1.82) is 0 Å². The fraction of sp³-hybridized carbons (Fsp3) is 0.125. The number of hydrogen-bond acceptors (Lipinski definition) is 4. The third kappa shape index (κ3) is 2.90. The average Bonchev–Trinajstić information content (AvgIpc) is 2.53. The Hall–Kier alpha value is -2.33. The zero-order valence-corrected chi connectivity index (χ0v) is 12.3. The van der Waals surface area contributed by atoms with Gasteiger partial charge in [-0.25, -0.2) is 0 Å². The minimum Gasteiger partial charge on any atom is -0.493 e. The Morgan fingerprint density at radius 2 is 1.81 bits per heavy atom. The molecule has 2 aromatic carbocycles. The first-order valence-electron chi connectivity index (χ1n) is 6.12. The quantitative estimate of drug-likeness (QED) is 0.627. The van der Waals surface area contributed by atoms with E-state index in [1.54, 1.807) is 36.4 Å². The van der Waals surface area contributed by atoms with Crippen LogP contribution in [0.15, 0.2) is 36.4 Å². The van der Waals surface area contributed by atoms with Crippen molar-refractivity contribution in [1.82, 2.24) is 0 Å². The van der Waals surface area contributed by atoms with Crippen LogP contribution in [0.1, 0.15) is 26.3 Å². The second kappa shape index (κ2) is 6.41. The minimum atomic E-state index is -0.344. The number of benzene rings is 2. The fourth-order valence-electron chi connectivity index (χ4n) is 2.00. The van der Waals surface area contributed by atoms with Crippen molar-refractivity contribution in [3.05, 3.63) is 58.1 Å². The van der Waals surface area contributed by atoms with Crippen LogP contribution in [-0.4, -0.2) is 26.3 Å². The van der Waals surface area contributed by atoms with Crippen LogP contribution < -0.4 is 9.47 Å². The summed E-state index contributed by atoms with van der Waals surface area (Å²) in [6.07, 6.45) is 0.611. The van der Waals surface area contributed by atoms with Gasteiger partial charge in [0.2, 0.25) is 0 Å². The molecule has 0 bridgehead atoms. The molecule has 0 N–H and O–H groups in total. The molecule has 0 aliphatic carbocycles. The third-order valence-corrected chi connectivity index (χ3v) is 3.36. The average molecular weight is 305 g/mol. The number of hydrogen-bond donors (Lipinski definition) is 0. The van der Waals surface area contributed by atoms with E-state index in [2.05, 4.69) is 0 Å². The predicted octanol–water partition coefficient (Wildman–Crippen LogP) is 3.40. The first-order valence-corrected chi connectivity index (χ1v) is 6.50. The van der Waals surface area contributed by atoms with Gasteiger partial charge in [0.05, 0.1) is 24.8 Å². The highest BCUT2D eigenvalue weighted by Gasteiger charge is 2.18. The Kier molecular flexibility index (Phi) is 4.60. The maximum absolute atomic E-state index is 12.6. The first kappa shape index (κ1) is 15.1. The van der Waals surface area contributed by atoms with Crippen molar-refractivity contribution < 1.29 is 19.1 Å². The highest BCUT2D eigenvalue weighted by molar-refractivity contribution is 6.35. The maximum Gasteiger partial charge on any atom is 0.195 e. The van der Waals surface area contributed by atoms with Gasteiger partial charge < -0.3 is 9.47 Å². The SMILES string of the molecule is COc1ccc(C(=O)c2c(Cl)cccc2C=O)cc1OC. The molecule has 21 heavy (non-hydrogen) atoms. The van der Waals surface area contributed by atoms with E-state index in [0.29, 0.717) is 23.3 Å². The van der Waals surface area contributed by atoms with Gasteiger partial charge in [0.1, 0.15) is 0 Å². The van der Waals surface area contributed by atoms with Crippen LogP contribution in [0.5, 0.6) is 11.5 Å². The zero-order valence-electron chi connectivity index (χ0n) is 11.6. The van der Waals surface area contributed by atoms with Crippen molar-refractivity contribution in [3.63, 3.8) is 0 Å². The molecule has 0 unspecified atom stereocenters. The minimum absolute atomic E-state index is 0.182. The van der Waals surface area contributed by atoms with Gasteiger partial charge in [-0.1, -0.05) is 23.7 Å². The second-order valence-electron chi connectivity index (χ2n) is 4.22. The lowest BCUT2D eigenvalue weighted by Gasteiger charge is -2.10. The Morgan fingerprint density at radius 1 is 1.10 bits per heavy atom. The van der Waals surface area contributed by atoms with Gasteiger partial charge >= 0.3 is 0 Å². The molecule has 0 heterocycles. The summed E-state index contributed by atoms with van der Waals surface area (Å²) in [6, 6.07) is 9.52. The number of methoxy groups -OCH3 is 2. The van der Waals surface area contributed by atoms with Gasteiger partial charge in [-0.05, 0) is 24.3 Å². The molecule has 2 rings (SSSR count). The number of ketones is 1. The predicted molar refractivity (Wildman–Crippen MR) is 79.8 cm³/mol. The fourth-order valence-corrected chi connectivity index (χ4v) is 2.27. The van der Waals surface area contributed by atoms with Crippen molar-refractivity contribution in [2.75, 3.05) is 14.2 Å². The normalized spacial score (nSPS) is 10.0. The number of halogens is 1. The molecule has 0 aromatic heterocycles. The van der Waals surface area contributed by atoms with Gasteiger partial charge in [-0.2, -0.15) is 0 Å². The van der Waals surface area contributed by atoms with Crippen LogP contribution in [0.2, 0.25) is 5.02 Å². The summed E-state index contributed by atoms with van der Waals surface area (Å²) in [6.45, 7) is 0. The lowest BCUT2D eigenvalue weighted by molar-refractivity contribution is 0.102. The standard InChI is InChI=1S/C16H13ClO4/c1-20-13-7-6-10(8-14(13)21-2)16(19)15-11(9-18)4-3-5-12(15)17/h3-9H,1-2H3. The molecule has 108 valence electrons. The molecule has 0 saturated heterocycles. The van der Waals surface area contributed by atoms with Gasteiger partial charge in [-0.3, -0.25) is 9.59 Å². The number of rotatable bonds is 5. The van der Waals surface area contributed by atoms with Gasteiger partial charge in [0.25, 0.3) is 0 Å². The summed E-state index contributed by atoms with van der Waals surface area (Å²) < 4.78 is 10.3. The Balaban J connectivity index is 2.53. The van der Waals surface area contributed by atoms with Gasteiger partial charge in [0, 0.05) is 11.1 Å². The van der Waals surface area contributed by atoms with Gasteiger partial charge in [-0.15, -0.1) is 0 Å². The summed E-state index contributed by atoms with van der Waals surface area (Å²) in [5, 5.41) is 0.236. The van der Waals surface area contributed by atoms with E-state index in [9.17, 15) is 9.59 Å². The van der Waals surface area contributed by atoms with E-state index in [4.69, 9.17) is 21.1 Å². The largest absolute Gasteiger partial charge is 0.493 e. The molecule has 2 aromatic rings. The van der Waals surface area contributed by atoms with Crippen LogP contribution in [0, 0.1) is 0 Å². The lowest BCUT2D eigenvalue weighted by atomic mass is 9.98. The Labute approximate surface area is 127 Å². The van der Waals surface area contributed by atoms with E-state index in [0.717, 1.165) is 0 Å². The van der Waals surface area contributed by atoms with Crippen LogP contribution in [0.3, 0.4) is 0 Å². The summed E-state index contributed by atoms with van der Waals surface area (Å²) in [4.78, 5) is 23.7. The molecule has 5 heteroatoms. The third-order valence-electron chi connectivity index (χ3n) is 3.05. The molecule has 0 aliphatic rings. The topological polar surface area (TPSA) is 52.6 Å². The van der Waals surface area contributed by atoms with E-state index in [1.807, 2.05) is 0 Å². The highest BCUT2D eigenvalue weighted by Crippen LogP contribution is 2.30. The molecule has 0 aliphatic heterocycles. The van der Waals surface area contributed by atoms with E-state index < -0.39 is 0 Å². The summed E-state index contributed by atoms with van der Waals surface area (Å²) >= 11 is 6.05. The summed E-state index contributed by atoms with van der Waals surface area (Å²) in [5.74, 6) is 0.607. The van der Waals surface area contributed by atoms with Crippen LogP contribution in [0.25, 0.3) is 0 Å². The van der Waals surface area contributed by atoms with Crippen LogP contribution in [0.4, 0.5) is 0 Å². The molecular formula is C16H13ClO4. The monoisotopic (exact) mass is 304 g/mol. The first-order chi connectivity index (χ1) is 10.1. The molecule has 4 nitrogen and oxygen atoms in total. The van der Waals surface area contributed by atoms with Crippen molar-refractivity contribution in [3.8, 4) is 11.5 Å². The van der Waals surface area contributed by atoms with E-state index in [1.165, 1.54) is 14.2 Å². The Bertz CT molecular complexity index is 695. The Morgan fingerprint density at radius 3 is 2.43 bits per heavy atom. The van der Waals surface area contributed by atoms with Crippen molar-refractivity contribution in [2.45, 2.75) is 0 Å². The summed E-state index contributed by atoms with van der Waals surface area (Å²) in [7, 11) is 3.00. The number of ether oxygens (including phenoxy) is 2. The zero-order chi connectivity index (χ0) is 15.4. The second-order valence-corrected chi connectivity index (χ2v) is 4.63. The lowest BCUT2D eigenvalue weighted by Crippen LogP contribution is -2.06. The molecule has 0 radical (unpaired) electrons. The van der Waals surface area contributed by atoms with Crippen molar-refractivity contribution >= 4 is 23.7 Å². The number of carbonyl (C=O) groups excluding carboxylic acids is 2. The maximum atomic E-state index is 12.6. The smallest absolute Gasteiger partial charge is 0.195 e. The van der Waals surface area contributed by atoms with E-state index >= 15 is 0 Å². The summed E-state index contributed by atoms with van der Waals surface area (Å²) in [5.41, 5.74) is 0.799. The number of carbonyl (C=O) groups is 2.